The first kappa shape index (κ1) is 14.5. The molecule has 1 amide bonds. The maximum absolute atomic E-state index is 12.7. The summed E-state index contributed by atoms with van der Waals surface area (Å²) in [6, 6.07) is 16.3. The molecule has 0 radical (unpaired) electrons. The van der Waals surface area contributed by atoms with Crippen LogP contribution in [0.15, 0.2) is 48.5 Å². The Morgan fingerprint density at radius 3 is 2.74 bits per heavy atom. The molecule has 3 heteroatoms. The van der Waals surface area contributed by atoms with Gasteiger partial charge in [-0.25, -0.2) is 0 Å². The Labute approximate surface area is 140 Å². The molecular formula is C20H19NOS. The van der Waals surface area contributed by atoms with Crippen molar-refractivity contribution in [3.8, 4) is 0 Å². The molecular weight excluding hydrogens is 302 g/mol. The second-order valence-electron chi connectivity index (χ2n) is 6.10. The minimum atomic E-state index is 0.0134. The van der Waals surface area contributed by atoms with Crippen LogP contribution in [0.25, 0.3) is 10.8 Å². The number of carbonyl (C=O) groups is 1. The number of aryl methyl sites for hydroxylation is 2. The monoisotopic (exact) mass is 321 g/mol. The average molecular weight is 321 g/mol. The zero-order valence-electron chi connectivity index (χ0n) is 13.0. The van der Waals surface area contributed by atoms with Crippen molar-refractivity contribution in [1.29, 1.82) is 0 Å². The van der Waals surface area contributed by atoms with Gasteiger partial charge in [0.15, 0.2) is 0 Å². The minimum Gasteiger partial charge on any atom is -0.321 e. The zero-order valence-corrected chi connectivity index (χ0v) is 13.8. The highest BCUT2D eigenvalue weighted by Crippen LogP contribution is 2.30. The van der Waals surface area contributed by atoms with Crippen molar-refractivity contribution in [2.24, 2.45) is 0 Å². The number of anilines is 1. The highest BCUT2D eigenvalue weighted by molar-refractivity contribution is 7.14. The van der Waals surface area contributed by atoms with E-state index in [-0.39, 0.29) is 5.91 Å². The second-order valence-corrected chi connectivity index (χ2v) is 7.24. The number of benzene rings is 2. The molecule has 0 atom stereocenters. The van der Waals surface area contributed by atoms with E-state index in [1.165, 1.54) is 29.7 Å². The molecule has 3 aromatic rings. The normalized spacial score (nSPS) is 14.3. The molecule has 1 N–H and O–H groups in total. The van der Waals surface area contributed by atoms with Crippen molar-refractivity contribution in [3.63, 3.8) is 0 Å². The van der Waals surface area contributed by atoms with Crippen molar-refractivity contribution >= 4 is 33.7 Å². The maximum Gasteiger partial charge on any atom is 0.265 e. The fraction of sp³-hybridized carbons (Fsp3) is 0.250. The van der Waals surface area contributed by atoms with E-state index in [4.69, 9.17) is 0 Å². The molecule has 0 fully saturated rings. The van der Waals surface area contributed by atoms with Gasteiger partial charge in [-0.1, -0.05) is 42.8 Å². The number of nitrogens with one attached hydrogen (secondary N) is 1. The predicted octanol–water partition coefficient (Wildman–Crippen LogP) is 5.42. The van der Waals surface area contributed by atoms with Crippen molar-refractivity contribution < 1.29 is 4.79 Å². The molecule has 0 aliphatic heterocycles. The van der Waals surface area contributed by atoms with E-state index < -0.39 is 0 Å². The number of hydrogen-bond acceptors (Lipinski definition) is 2. The van der Waals surface area contributed by atoms with Gasteiger partial charge in [-0.15, -0.1) is 11.3 Å². The van der Waals surface area contributed by atoms with Crippen LogP contribution in [-0.4, -0.2) is 5.91 Å². The number of hydrogen-bond donors (Lipinski definition) is 1. The first-order chi connectivity index (χ1) is 11.3. The molecule has 1 aromatic heterocycles. The summed E-state index contributed by atoms with van der Waals surface area (Å²) in [7, 11) is 0. The van der Waals surface area contributed by atoms with Crippen LogP contribution in [0.3, 0.4) is 0 Å². The lowest BCUT2D eigenvalue weighted by molar-refractivity contribution is 0.103. The SMILES string of the molecule is O=C(Nc1cccc2ccccc12)c1cc2c(s1)CCCCC2. The van der Waals surface area contributed by atoms with Crippen LogP contribution in [0.2, 0.25) is 0 Å². The van der Waals surface area contributed by atoms with Crippen molar-refractivity contribution in [2.45, 2.75) is 32.1 Å². The first-order valence-electron chi connectivity index (χ1n) is 8.22. The summed E-state index contributed by atoms with van der Waals surface area (Å²) < 4.78 is 0. The van der Waals surface area contributed by atoms with Crippen LogP contribution in [0.5, 0.6) is 0 Å². The highest BCUT2D eigenvalue weighted by atomic mass is 32.1. The van der Waals surface area contributed by atoms with Crippen LogP contribution in [0.1, 0.15) is 39.4 Å². The third-order valence-corrected chi connectivity index (χ3v) is 5.74. The summed E-state index contributed by atoms with van der Waals surface area (Å²) in [4.78, 5) is 14.9. The molecule has 2 aromatic carbocycles. The molecule has 4 rings (SSSR count). The van der Waals surface area contributed by atoms with Gasteiger partial charge in [0.1, 0.15) is 0 Å². The third-order valence-electron chi connectivity index (χ3n) is 4.51. The van der Waals surface area contributed by atoms with Gasteiger partial charge < -0.3 is 5.32 Å². The zero-order chi connectivity index (χ0) is 15.6. The van der Waals surface area contributed by atoms with Crippen molar-refractivity contribution in [1.82, 2.24) is 0 Å². The molecule has 0 saturated heterocycles. The largest absolute Gasteiger partial charge is 0.321 e. The highest BCUT2D eigenvalue weighted by Gasteiger charge is 2.17. The van der Waals surface area contributed by atoms with Crippen LogP contribution < -0.4 is 5.32 Å². The summed E-state index contributed by atoms with van der Waals surface area (Å²) in [5.74, 6) is 0.0134. The lowest BCUT2D eigenvalue weighted by Gasteiger charge is -2.07. The molecule has 0 spiro atoms. The number of rotatable bonds is 2. The van der Waals surface area contributed by atoms with Gasteiger partial charge in [0.05, 0.1) is 4.88 Å². The number of fused-ring (bicyclic) bond motifs is 2. The lowest BCUT2D eigenvalue weighted by Crippen LogP contribution is -2.10. The van der Waals surface area contributed by atoms with E-state index >= 15 is 0 Å². The van der Waals surface area contributed by atoms with E-state index in [2.05, 4.69) is 29.6 Å². The Hall–Kier alpha value is -2.13. The predicted molar refractivity (Wildman–Crippen MR) is 97.5 cm³/mol. The van der Waals surface area contributed by atoms with Crippen LogP contribution >= 0.6 is 11.3 Å². The molecule has 1 aliphatic rings. The molecule has 0 saturated carbocycles. The van der Waals surface area contributed by atoms with E-state index in [1.807, 2.05) is 24.3 Å². The first-order valence-corrected chi connectivity index (χ1v) is 9.03. The van der Waals surface area contributed by atoms with Gasteiger partial charge in [-0.2, -0.15) is 0 Å². The van der Waals surface area contributed by atoms with Crippen LogP contribution in [0.4, 0.5) is 5.69 Å². The summed E-state index contributed by atoms with van der Waals surface area (Å²) in [5.41, 5.74) is 2.27. The van der Waals surface area contributed by atoms with Gasteiger partial charge >= 0.3 is 0 Å². The standard InChI is InChI=1S/C20H19NOS/c22-20(19-13-15-8-2-1-3-12-18(15)23-19)21-17-11-6-9-14-7-4-5-10-16(14)17/h4-7,9-11,13H,1-3,8,12H2,(H,21,22). The molecule has 1 aliphatic carbocycles. The average Bonchev–Trinajstić information content (AvgIpc) is 2.86. The molecule has 23 heavy (non-hydrogen) atoms. The topological polar surface area (TPSA) is 29.1 Å². The van der Waals surface area contributed by atoms with E-state index in [0.29, 0.717) is 0 Å². The third kappa shape index (κ3) is 2.89. The van der Waals surface area contributed by atoms with Gasteiger partial charge in [0.25, 0.3) is 5.91 Å². The fourth-order valence-electron chi connectivity index (χ4n) is 3.30. The van der Waals surface area contributed by atoms with Crippen LogP contribution in [-0.2, 0) is 12.8 Å². The molecule has 1 heterocycles. The smallest absolute Gasteiger partial charge is 0.265 e. The Morgan fingerprint density at radius 1 is 0.957 bits per heavy atom. The molecule has 2 nitrogen and oxygen atoms in total. The van der Waals surface area contributed by atoms with Crippen LogP contribution in [0, 0.1) is 0 Å². The van der Waals surface area contributed by atoms with E-state index in [9.17, 15) is 4.79 Å². The lowest BCUT2D eigenvalue weighted by atomic mass is 10.1. The number of amides is 1. The maximum atomic E-state index is 12.7. The van der Waals surface area contributed by atoms with E-state index in [1.54, 1.807) is 11.3 Å². The minimum absolute atomic E-state index is 0.0134. The Balaban J connectivity index is 1.62. The summed E-state index contributed by atoms with van der Waals surface area (Å²) >= 11 is 1.67. The molecule has 116 valence electrons. The van der Waals surface area contributed by atoms with Gasteiger partial charge in [-0.3, -0.25) is 4.79 Å². The summed E-state index contributed by atoms with van der Waals surface area (Å²) in [5, 5.41) is 5.33. The van der Waals surface area contributed by atoms with E-state index in [0.717, 1.165) is 34.2 Å². The Morgan fingerprint density at radius 2 is 1.78 bits per heavy atom. The fourth-order valence-corrected chi connectivity index (χ4v) is 4.45. The Bertz CT molecular complexity index is 836. The molecule has 0 unspecified atom stereocenters. The van der Waals surface area contributed by atoms with Crippen molar-refractivity contribution in [3.05, 3.63) is 63.8 Å². The molecule has 0 bridgehead atoms. The number of carbonyl (C=O) groups excluding carboxylic acids is 1. The van der Waals surface area contributed by atoms with Crippen molar-refractivity contribution in [2.75, 3.05) is 5.32 Å². The second kappa shape index (κ2) is 6.17. The van der Waals surface area contributed by atoms with Gasteiger partial charge in [-0.05, 0) is 48.8 Å². The van der Waals surface area contributed by atoms with Gasteiger partial charge in [0, 0.05) is 16.0 Å². The summed E-state index contributed by atoms with van der Waals surface area (Å²) in [6.45, 7) is 0. The Kier molecular flexibility index (Phi) is 3.88. The summed E-state index contributed by atoms with van der Waals surface area (Å²) in [6.07, 6.45) is 6.04. The number of thiophene rings is 1. The quantitative estimate of drug-likeness (QED) is 0.627. The van der Waals surface area contributed by atoms with Gasteiger partial charge in [0.2, 0.25) is 0 Å².